The Morgan fingerprint density at radius 3 is 2.50 bits per heavy atom. The van der Waals surface area contributed by atoms with Crippen molar-refractivity contribution in [1.82, 2.24) is 9.55 Å². The lowest BCUT2D eigenvalue weighted by molar-refractivity contribution is -0.119. The van der Waals surface area contributed by atoms with Gasteiger partial charge < -0.3 is 20.1 Å². The standard InChI is InChI=1S/C26H20FIN4O4/c1-36-19-9-6-17(7-10-19)23-25(34)32(26(35)31-23)22(12-15-2-4-16(14-29)5-3-15)24(33)30-21-11-8-18(28)13-20(21)27/h2-11,13,22,34H,12H2,1H3,(H,30,33)(H,31,35)/t22-/m0/s1. The largest absolute Gasteiger partial charge is 0.497 e. The van der Waals surface area contributed by atoms with Crippen molar-refractivity contribution >= 4 is 34.2 Å². The van der Waals surface area contributed by atoms with Crippen LogP contribution in [-0.2, 0) is 11.2 Å². The topological polar surface area (TPSA) is 120 Å². The zero-order chi connectivity index (χ0) is 25.8. The Labute approximate surface area is 219 Å². The molecule has 0 aliphatic heterocycles. The third kappa shape index (κ3) is 5.26. The number of nitrogens with one attached hydrogen (secondary N) is 2. The van der Waals surface area contributed by atoms with E-state index in [1.165, 1.54) is 19.2 Å². The Bertz CT molecular complexity index is 1510. The smallest absolute Gasteiger partial charge is 0.329 e. The van der Waals surface area contributed by atoms with Crippen molar-refractivity contribution < 1.29 is 19.0 Å². The van der Waals surface area contributed by atoms with E-state index in [0.29, 0.717) is 26.0 Å². The molecule has 0 saturated carbocycles. The predicted octanol–water partition coefficient (Wildman–Crippen LogP) is 4.60. The van der Waals surface area contributed by atoms with E-state index in [9.17, 15) is 19.1 Å². The summed E-state index contributed by atoms with van der Waals surface area (Å²) in [5, 5.41) is 22.6. The van der Waals surface area contributed by atoms with Gasteiger partial charge in [-0.1, -0.05) is 12.1 Å². The lowest BCUT2D eigenvalue weighted by Gasteiger charge is -2.19. The minimum atomic E-state index is -1.23. The fourth-order valence-electron chi connectivity index (χ4n) is 3.73. The van der Waals surface area contributed by atoms with Crippen molar-refractivity contribution in [2.45, 2.75) is 12.5 Å². The summed E-state index contributed by atoms with van der Waals surface area (Å²) in [6.45, 7) is 0. The highest BCUT2D eigenvalue weighted by molar-refractivity contribution is 14.1. The molecule has 0 saturated heterocycles. The molecule has 10 heteroatoms. The fourth-order valence-corrected chi connectivity index (χ4v) is 4.19. The number of H-pyrrole nitrogens is 1. The number of ether oxygens (including phenoxy) is 1. The van der Waals surface area contributed by atoms with Crippen LogP contribution >= 0.6 is 22.6 Å². The molecule has 0 bridgehead atoms. The van der Waals surface area contributed by atoms with E-state index in [4.69, 9.17) is 10.00 Å². The van der Waals surface area contributed by atoms with Crippen LogP contribution in [0.2, 0.25) is 0 Å². The van der Waals surface area contributed by atoms with Gasteiger partial charge in [0, 0.05) is 15.6 Å². The summed E-state index contributed by atoms with van der Waals surface area (Å²) < 4.78 is 21.2. The third-order valence-corrected chi connectivity index (χ3v) is 6.27. The number of hydrogen-bond acceptors (Lipinski definition) is 5. The average Bonchev–Trinajstić information content (AvgIpc) is 3.18. The van der Waals surface area contributed by atoms with Crippen molar-refractivity contribution in [3.63, 3.8) is 0 Å². The molecule has 0 aliphatic carbocycles. The number of imidazole rings is 1. The average molecular weight is 598 g/mol. The van der Waals surface area contributed by atoms with Gasteiger partial charge in [0.15, 0.2) is 0 Å². The second-order valence-corrected chi connectivity index (χ2v) is 9.11. The first-order valence-corrected chi connectivity index (χ1v) is 11.8. The minimum Gasteiger partial charge on any atom is -0.497 e. The van der Waals surface area contributed by atoms with Crippen LogP contribution in [0.3, 0.4) is 0 Å². The molecule has 1 aromatic heterocycles. The molecular weight excluding hydrogens is 578 g/mol. The quantitative estimate of drug-likeness (QED) is 0.269. The molecule has 0 spiro atoms. The number of anilines is 1. The summed E-state index contributed by atoms with van der Waals surface area (Å²) in [6.07, 6.45) is -0.00307. The maximum Gasteiger partial charge on any atom is 0.329 e. The summed E-state index contributed by atoms with van der Waals surface area (Å²) in [5.74, 6) is -1.17. The van der Waals surface area contributed by atoms with Gasteiger partial charge in [0.25, 0.3) is 0 Å². The molecule has 0 fully saturated rings. The van der Waals surface area contributed by atoms with Gasteiger partial charge in [-0.15, -0.1) is 0 Å². The zero-order valence-corrected chi connectivity index (χ0v) is 21.1. The van der Waals surface area contributed by atoms with E-state index in [2.05, 4.69) is 10.3 Å². The van der Waals surface area contributed by atoms with Gasteiger partial charge in [-0.05, 0) is 82.8 Å². The van der Waals surface area contributed by atoms with Crippen LogP contribution in [0.4, 0.5) is 10.1 Å². The Morgan fingerprint density at radius 2 is 1.89 bits per heavy atom. The van der Waals surface area contributed by atoms with Crippen LogP contribution in [-0.4, -0.2) is 27.7 Å². The van der Waals surface area contributed by atoms with E-state index in [0.717, 1.165) is 4.57 Å². The molecule has 1 heterocycles. The first kappa shape index (κ1) is 25.0. The molecule has 8 nitrogen and oxygen atoms in total. The van der Waals surface area contributed by atoms with Crippen molar-refractivity contribution in [2.75, 3.05) is 12.4 Å². The number of carbonyl (C=O) groups excluding carboxylic acids is 1. The molecule has 3 aromatic carbocycles. The summed E-state index contributed by atoms with van der Waals surface area (Å²) in [7, 11) is 1.52. The monoisotopic (exact) mass is 598 g/mol. The van der Waals surface area contributed by atoms with Crippen molar-refractivity contribution in [1.29, 1.82) is 5.26 Å². The number of aromatic nitrogens is 2. The lowest BCUT2D eigenvalue weighted by atomic mass is 10.0. The highest BCUT2D eigenvalue weighted by Crippen LogP contribution is 2.31. The Balaban J connectivity index is 1.75. The molecule has 182 valence electrons. The highest BCUT2D eigenvalue weighted by atomic mass is 127. The Hall–Kier alpha value is -4.11. The third-order valence-electron chi connectivity index (χ3n) is 5.60. The molecule has 0 aliphatic rings. The summed E-state index contributed by atoms with van der Waals surface area (Å²) in [4.78, 5) is 29.0. The van der Waals surface area contributed by atoms with Crippen molar-refractivity contribution in [3.8, 4) is 29.0 Å². The van der Waals surface area contributed by atoms with Gasteiger partial charge in [-0.25, -0.2) is 13.8 Å². The summed E-state index contributed by atoms with van der Waals surface area (Å²) in [5.41, 5.74) is 0.935. The lowest BCUT2D eigenvalue weighted by Crippen LogP contribution is -2.33. The number of nitriles is 1. The Morgan fingerprint density at radius 1 is 1.19 bits per heavy atom. The number of hydrogen-bond donors (Lipinski definition) is 3. The molecule has 0 radical (unpaired) electrons. The maximum atomic E-state index is 14.4. The highest BCUT2D eigenvalue weighted by Gasteiger charge is 2.29. The zero-order valence-electron chi connectivity index (χ0n) is 19.0. The van der Waals surface area contributed by atoms with Gasteiger partial charge in [0.1, 0.15) is 23.3 Å². The molecule has 1 amide bonds. The van der Waals surface area contributed by atoms with Gasteiger partial charge in [-0.3, -0.25) is 4.79 Å². The number of aromatic amines is 1. The number of rotatable bonds is 7. The van der Waals surface area contributed by atoms with Crippen LogP contribution < -0.4 is 15.7 Å². The molecule has 0 unspecified atom stereocenters. The normalized spacial score (nSPS) is 11.5. The molecular formula is C26H20FIN4O4. The number of carbonyl (C=O) groups is 1. The fraction of sp³-hybridized carbons (Fsp3) is 0.115. The van der Waals surface area contributed by atoms with Gasteiger partial charge in [-0.2, -0.15) is 5.26 Å². The SMILES string of the molecule is COc1ccc(-c2[nH]c(=O)n([C@@H](Cc3ccc(C#N)cc3)C(=O)Nc3ccc(I)cc3F)c2O)cc1. The van der Waals surface area contributed by atoms with Gasteiger partial charge >= 0.3 is 5.69 Å². The predicted molar refractivity (Wildman–Crippen MR) is 140 cm³/mol. The van der Waals surface area contributed by atoms with E-state index >= 15 is 0 Å². The van der Waals surface area contributed by atoms with Crippen molar-refractivity contribution in [2.24, 2.45) is 0 Å². The van der Waals surface area contributed by atoms with Crippen LogP contribution in [0, 0.1) is 20.7 Å². The van der Waals surface area contributed by atoms with Crippen LogP contribution in [0.5, 0.6) is 11.6 Å². The number of amides is 1. The first-order valence-electron chi connectivity index (χ1n) is 10.7. The second-order valence-electron chi connectivity index (χ2n) is 7.87. The van der Waals surface area contributed by atoms with Crippen molar-refractivity contribution in [3.05, 3.63) is 97.7 Å². The number of aromatic hydroxyl groups is 1. The van der Waals surface area contributed by atoms with Crippen LogP contribution in [0.25, 0.3) is 11.3 Å². The van der Waals surface area contributed by atoms with E-state index in [-0.39, 0.29) is 17.8 Å². The number of benzene rings is 3. The van der Waals surface area contributed by atoms with E-state index < -0.39 is 29.3 Å². The minimum absolute atomic E-state index is 0.00307. The van der Waals surface area contributed by atoms with Gasteiger partial charge in [0.05, 0.1) is 24.4 Å². The second kappa shape index (κ2) is 10.7. The maximum absolute atomic E-state index is 14.4. The number of nitrogens with zero attached hydrogens (tertiary/aromatic N) is 2. The Kier molecular flexibility index (Phi) is 7.40. The summed E-state index contributed by atoms with van der Waals surface area (Å²) >= 11 is 1.95. The molecule has 4 aromatic rings. The molecule has 36 heavy (non-hydrogen) atoms. The number of methoxy groups -OCH3 is 1. The van der Waals surface area contributed by atoms with E-state index in [1.807, 2.05) is 28.7 Å². The number of halogens is 2. The van der Waals surface area contributed by atoms with Crippen LogP contribution in [0.1, 0.15) is 17.2 Å². The van der Waals surface area contributed by atoms with Gasteiger partial charge in [0.2, 0.25) is 11.8 Å². The first-order chi connectivity index (χ1) is 17.3. The summed E-state index contributed by atoms with van der Waals surface area (Å²) in [6, 6.07) is 18.3. The van der Waals surface area contributed by atoms with Crippen LogP contribution in [0.15, 0.2) is 71.5 Å². The molecule has 4 rings (SSSR count). The van der Waals surface area contributed by atoms with E-state index in [1.54, 1.807) is 54.6 Å². The molecule has 3 N–H and O–H groups in total. The molecule has 1 atom stereocenters.